The number of amides is 2. The summed E-state index contributed by atoms with van der Waals surface area (Å²) in [6.07, 6.45) is 0.619. The molecule has 3 N–H and O–H groups in total. The van der Waals surface area contributed by atoms with Crippen molar-refractivity contribution in [3.8, 4) is 0 Å². The number of hydrogen-bond acceptors (Lipinski definition) is 6. The van der Waals surface area contributed by atoms with E-state index in [9.17, 15) is 19.2 Å². The molecule has 0 spiro atoms. The minimum Gasteiger partial charge on any atom is -0.458 e. The average molecular weight is 313 g/mol. The fraction of sp³-hybridized carbons (Fsp3) is 0.643. The molecule has 0 unspecified atom stereocenters. The number of Topliss-reactive ketones (excluding diaryl/α,β-unsaturated/α-hetero) is 1. The summed E-state index contributed by atoms with van der Waals surface area (Å²) in [4.78, 5) is 45.6. The summed E-state index contributed by atoms with van der Waals surface area (Å²) in [5.74, 6) is -2.05. The van der Waals surface area contributed by atoms with Crippen LogP contribution in [0, 0.1) is 5.41 Å². The first kappa shape index (κ1) is 19.8. The molecule has 1 atom stereocenters. The Bertz CT molecular complexity index is 454. The van der Waals surface area contributed by atoms with Gasteiger partial charge in [-0.15, -0.1) is 0 Å². The average Bonchev–Trinajstić information content (AvgIpc) is 2.38. The van der Waals surface area contributed by atoms with Crippen LogP contribution in [0.5, 0.6) is 0 Å². The van der Waals surface area contributed by atoms with E-state index in [4.69, 9.17) is 10.1 Å². The second-order valence-corrected chi connectivity index (χ2v) is 5.71. The van der Waals surface area contributed by atoms with Gasteiger partial charge in [-0.1, -0.05) is 0 Å². The van der Waals surface area contributed by atoms with Gasteiger partial charge in [0.1, 0.15) is 11.6 Å². The molecule has 8 heteroatoms. The molecular weight excluding hydrogens is 290 g/mol. The van der Waals surface area contributed by atoms with E-state index in [2.05, 4.69) is 10.6 Å². The normalized spacial score (nSPS) is 12.0. The Labute approximate surface area is 129 Å². The fourth-order valence-corrected chi connectivity index (χ4v) is 1.43. The van der Waals surface area contributed by atoms with Crippen molar-refractivity contribution in [3.63, 3.8) is 0 Å². The molecule has 0 aromatic heterocycles. The van der Waals surface area contributed by atoms with Crippen LogP contribution in [0.25, 0.3) is 0 Å². The first-order chi connectivity index (χ1) is 10.0. The number of hydrogen-bond donors (Lipinski definition) is 3. The van der Waals surface area contributed by atoms with Gasteiger partial charge in [0.15, 0.2) is 5.78 Å². The van der Waals surface area contributed by atoms with E-state index in [0.717, 1.165) is 0 Å². The molecule has 124 valence electrons. The Kier molecular flexibility index (Phi) is 8.00. The van der Waals surface area contributed by atoms with Crippen LogP contribution in [-0.2, 0) is 23.9 Å². The van der Waals surface area contributed by atoms with E-state index in [1.54, 1.807) is 20.8 Å². The van der Waals surface area contributed by atoms with Gasteiger partial charge in [0.2, 0.25) is 11.8 Å². The van der Waals surface area contributed by atoms with Gasteiger partial charge in [0.25, 0.3) is 0 Å². The second kappa shape index (κ2) is 8.91. The van der Waals surface area contributed by atoms with Gasteiger partial charge >= 0.3 is 5.97 Å². The maximum Gasteiger partial charge on any atom is 0.329 e. The predicted molar refractivity (Wildman–Crippen MR) is 79.5 cm³/mol. The van der Waals surface area contributed by atoms with Crippen molar-refractivity contribution in [2.24, 2.45) is 0 Å². The molecular formula is C14H23N3O5. The lowest BCUT2D eigenvalue weighted by molar-refractivity contribution is -0.158. The zero-order valence-corrected chi connectivity index (χ0v) is 13.3. The second-order valence-electron chi connectivity index (χ2n) is 5.71. The van der Waals surface area contributed by atoms with E-state index < -0.39 is 29.3 Å². The third-order valence-electron chi connectivity index (χ3n) is 2.36. The van der Waals surface area contributed by atoms with Crippen LogP contribution in [0.3, 0.4) is 0 Å². The molecule has 2 amide bonds. The van der Waals surface area contributed by atoms with Crippen molar-refractivity contribution in [2.75, 3.05) is 6.54 Å². The lowest BCUT2D eigenvalue weighted by Crippen LogP contribution is -2.47. The molecule has 0 radical (unpaired) electrons. The Balaban J connectivity index is 4.73. The molecule has 0 saturated carbocycles. The van der Waals surface area contributed by atoms with Gasteiger partial charge in [-0.3, -0.25) is 14.4 Å². The molecule has 0 fully saturated rings. The first-order valence-corrected chi connectivity index (χ1v) is 6.85. The predicted octanol–water partition coefficient (Wildman–Crippen LogP) is -0.0521. The van der Waals surface area contributed by atoms with Crippen LogP contribution in [0.1, 0.15) is 40.5 Å². The molecule has 0 heterocycles. The van der Waals surface area contributed by atoms with Gasteiger partial charge in [0.05, 0.1) is 12.8 Å². The maximum absolute atomic E-state index is 12.0. The van der Waals surface area contributed by atoms with Crippen LogP contribution < -0.4 is 10.6 Å². The summed E-state index contributed by atoms with van der Waals surface area (Å²) in [6, 6.07) is -1.01. The lowest BCUT2D eigenvalue weighted by atomic mass is 10.1. The molecule has 22 heavy (non-hydrogen) atoms. The summed E-state index contributed by atoms with van der Waals surface area (Å²) < 4.78 is 5.18. The molecule has 0 aliphatic rings. The number of ketones is 1. The summed E-state index contributed by atoms with van der Waals surface area (Å²) >= 11 is 0. The number of rotatable bonds is 8. The van der Waals surface area contributed by atoms with Gasteiger partial charge in [0, 0.05) is 13.3 Å². The molecule has 0 saturated heterocycles. The monoisotopic (exact) mass is 313 g/mol. The van der Waals surface area contributed by atoms with Crippen LogP contribution in [0.15, 0.2) is 0 Å². The highest BCUT2D eigenvalue weighted by Gasteiger charge is 2.26. The zero-order valence-electron chi connectivity index (χ0n) is 13.3. The molecule has 0 aliphatic heterocycles. The van der Waals surface area contributed by atoms with Crippen molar-refractivity contribution >= 4 is 29.8 Å². The van der Waals surface area contributed by atoms with Crippen molar-refractivity contribution in [3.05, 3.63) is 0 Å². The molecule has 0 aromatic rings. The van der Waals surface area contributed by atoms with E-state index >= 15 is 0 Å². The Hall–Kier alpha value is -2.25. The largest absolute Gasteiger partial charge is 0.458 e. The Morgan fingerprint density at radius 3 is 2.27 bits per heavy atom. The molecule has 0 aliphatic carbocycles. The third-order valence-corrected chi connectivity index (χ3v) is 2.36. The molecule has 0 bridgehead atoms. The minimum absolute atomic E-state index is 0.0228. The maximum atomic E-state index is 12.0. The first-order valence-electron chi connectivity index (χ1n) is 6.85. The van der Waals surface area contributed by atoms with E-state index in [1.165, 1.54) is 6.92 Å². The van der Waals surface area contributed by atoms with Gasteiger partial charge < -0.3 is 20.8 Å². The van der Waals surface area contributed by atoms with Crippen molar-refractivity contribution < 1.29 is 23.9 Å². The molecule has 0 rings (SSSR count). The Morgan fingerprint density at radius 1 is 1.23 bits per heavy atom. The third kappa shape index (κ3) is 9.62. The highest BCUT2D eigenvalue weighted by Crippen LogP contribution is 2.10. The van der Waals surface area contributed by atoms with Gasteiger partial charge in [-0.25, -0.2) is 4.79 Å². The number of carbonyl (C=O) groups excluding carboxylic acids is 4. The standard InChI is InChI=1S/C14H23N3O5/c1-9(18)16-8-12(20)17-11(6-5-10(19)7-15)13(21)22-14(2,3)4/h7,11,15H,5-6,8H2,1-4H3,(H,16,18)(H,17,20)/t11-/m0/s1. The molecule has 0 aromatic carbocycles. The summed E-state index contributed by atoms with van der Waals surface area (Å²) in [6.45, 7) is 6.05. The zero-order chi connectivity index (χ0) is 17.3. The van der Waals surface area contributed by atoms with Crippen LogP contribution in [0.4, 0.5) is 0 Å². The summed E-state index contributed by atoms with van der Waals surface area (Å²) in [5, 5.41) is 11.6. The van der Waals surface area contributed by atoms with E-state index in [1.807, 2.05) is 0 Å². The lowest BCUT2D eigenvalue weighted by Gasteiger charge is -2.24. The minimum atomic E-state index is -1.01. The van der Waals surface area contributed by atoms with Crippen molar-refractivity contribution in [1.82, 2.24) is 10.6 Å². The number of nitrogens with one attached hydrogen (secondary N) is 3. The number of esters is 1. The highest BCUT2D eigenvalue weighted by molar-refractivity contribution is 6.26. The quantitative estimate of drug-likeness (QED) is 0.428. The van der Waals surface area contributed by atoms with E-state index in [-0.39, 0.29) is 25.3 Å². The van der Waals surface area contributed by atoms with Crippen molar-refractivity contribution in [2.45, 2.75) is 52.2 Å². The SMILES string of the molecule is CC(=O)NCC(=O)N[C@@H](CCC(=O)C=N)C(=O)OC(C)(C)C. The molecule has 8 nitrogen and oxygen atoms in total. The summed E-state index contributed by atoms with van der Waals surface area (Å²) in [5.41, 5.74) is -0.733. The smallest absolute Gasteiger partial charge is 0.329 e. The van der Waals surface area contributed by atoms with E-state index in [0.29, 0.717) is 6.21 Å². The number of ether oxygens (including phenoxy) is 1. The van der Waals surface area contributed by atoms with Gasteiger partial charge in [-0.2, -0.15) is 0 Å². The van der Waals surface area contributed by atoms with Crippen LogP contribution in [0.2, 0.25) is 0 Å². The fourth-order valence-electron chi connectivity index (χ4n) is 1.43. The van der Waals surface area contributed by atoms with Crippen LogP contribution in [-0.4, -0.2) is 48.0 Å². The van der Waals surface area contributed by atoms with Gasteiger partial charge in [-0.05, 0) is 27.2 Å². The van der Waals surface area contributed by atoms with Crippen molar-refractivity contribution in [1.29, 1.82) is 5.41 Å². The number of carbonyl (C=O) groups is 4. The summed E-state index contributed by atoms with van der Waals surface area (Å²) in [7, 11) is 0. The van der Waals surface area contributed by atoms with Crippen LogP contribution >= 0.6 is 0 Å². The highest BCUT2D eigenvalue weighted by atomic mass is 16.6. The Morgan fingerprint density at radius 2 is 1.82 bits per heavy atom. The topological polar surface area (TPSA) is 125 Å².